The van der Waals surface area contributed by atoms with E-state index in [1.54, 1.807) is 6.20 Å². The molecular weight excluding hydrogens is 236 g/mol. The normalized spacial score (nSPS) is 10.7. The summed E-state index contributed by atoms with van der Waals surface area (Å²) in [6, 6.07) is 12.1. The van der Waals surface area contributed by atoms with Crippen LogP contribution >= 0.6 is 0 Å². The SMILES string of the molecule is CNCc1ccnc(Oc2ccccc2C(C)C)c1. The fourth-order valence-electron chi connectivity index (χ4n) is 1.98. The van der Waals surface area contributed by atoms with Gasteiger partial charge in [0.1, 0.15) is 5.75 Å². The highest BCUT2D eigenvalue weighted by Crippen LogP contribution is 2.29. The maximum Gasteiger partial charge on any atom is 0.219 e. The monoisotopic (exact) mass is 256 g/mol. The van der Waals surface area contributed by atoms with Gasteiger partial charge in [0.15, 0.2) is 0 Å². The van der Waals surface area contributed by atoms with E-state index in [9.17, 15) is 0 Å². The molecule has 0 aliphatic heterocycles. The second-order valence-electron chi connectivity index (χ2n) is 4.83. The lowest BCUT2D eigenvalue weighted by atomic mass is 10.0. The first-order valence-electron chi connectivity index (χ1n) is 6.57. The van der Waals surface area contributed by atoms with Crippen molar-refractivity contribution in [1.82, 2.24) is 10.3 Å². The maximum absolute atomic E-state index is 5.92. The molecule has 0 amide bonds. The van der Waals surface area contributed by atoms with Crippen molar-refractivity contribution in [2.45, 2.75) is 26.3 Å². The Labute approximate surface area is 114 Å². The predicted octanol–water partition coefficient (Wildman–Crippen LogP) is 3.72. The number of pyridine rings is 1. The number of nitrogens with one attached hydrogen (secondary N) is 1. The fourth-order valence-corrected chi connectivity index (χ4v) is 1.98. The van der Waals surface area contributed by atoms with Gasteiger partial charge >= 0.3 is 0 Å². The molecule has 2 aromatic rings. The van der Waals surface area contributed by atoms with E-state index in [4.69, 9.17) is 4.74 Å². The van der Waals surface area contributed by atoms with Crippen LogP contribution in [0.5, 0.6) is 11.6 Å². The van der Waals surface area contributed by atoms with Crippen molar-refractivity contribution in [1.29, 1.82) is 0 Å². The Morgan fingerprint density at radius 2 is 2.00 bits per heavy atom. The molecule has 0 radical (unpaired) electrons. The molecule has 1 aromatic carbocycles. The maximum atomic E-state index is 5.92. The number of ether oxygens (including phenoxy) is 1. The van der Waals surface area contributed by atoms with Crippen molar-refractivity contribution in [3.8, 4) is 11.6 Å². The van der Waals surface area contributed by atoms with E-state index in [1.165, 1.54) is 5.56 Å². The fraction of sp³-hybridized carbons (Fsp3) is 0.312. The third kappa shape index (κ3) is 3.55. The zero-order chi connectivity index (χ0) is 13.7. The number of nitrogens with zero attached hydrogens (tertiary/aromatic N) is 1. The lowest BCUT2D eigenvalue weighted by Crippen LogP contribution is -2.05. The minimum atomic E-state index is 0.427. The zero-order valence-corrected chi connectivity index (χ0v) is 11.7. The summed E-state index contributed by atoms with van der Waals surface area (Å²) >= 11 is 0. The van der Waals surface area contributed by atoms with Crippen LogP contribution in [0.15, 0.2) is 42.6 Å². The van der Waals surface area contributed by atoms with E-state index < -0.39 is 0 Å². The third-order valence-corrected chi connectivity index (χ3v) is 2.94. The molecule has 0 atom stereocenters. The second kappa shape index (κ2) is 6.34. The van der Waals surface area contributed by atoms with E-state index in [0.717, 1.165) is 17.9 Å². The van der Waals surface area contributed by atoms with Crippen LogP contribution in [-0.4, -0.2) is 12.0 Å². The highest BCUT2D eigenvalue weighted by atomic mass is 16.5. The number of rotatable bonds is 5. The summed E-state index contributed by atoms with van der Waals surface area (Å²) in [5.41, 5.74) is 2.36. The van der Waals surface area contributed by atoms with E-state index >= 15 is 0 Å². The molecule has 1 heterocycles. The van der Waals surface area contributed by atoms with Gasteiger partial charge in [-0.05, 0) is 36.2 Å². The molecular formula is C16H20N2O. The standard InChI is InChI=1S/C16H20N2O/c1-12(2)14-6-4-5-7-15(14)19-16-10-13(11-17-3)8-9-18-16/h4-10,12,17H,11H2,1-3H3. The molecule has 0 fully saturated rings. The average Bonchev–Trinajstić information content (AvgIpc) is 2.40. The summed E-state index contributed by atoms with van der Waals surface area (Å²) in [5, 5.41) is 3.12. The Bertz CT molecular complexity index is 538. The third-order valence-electron chi connectivity index (χ3n) is 2.94. The van der Waals surface area contributed by atoms with Gasteiger partial charge in [0.25, 0.3) is 0 Å². The van der Waals surface area contributed by atoms with Crippen LogP contribution in [0.2, 0.25) is 0 Å². The molecule has 1 N–H and O–H groups in total. The van der Waals surface area contributed by atoms with Crippen molar-refractivity contribution in [3.63, 3.8) is 0 Å². The molecule has 0 unspecified atom stereocenters. The van der Waals surface area contributed by atoms with Gasteiger partial charge in [-0.1, -0.05) is 32.0 Å². The summed E-state index contributed by atoms with van der Waals surface area (Å²) in [4.78, 5) is 4.27. The Kier molecular flexibility index (Phi) is 4.53. The molecule has 0 bridgehead atoms. The summed E-state index contributed by atoms with van der Waals surface area (Å²) in [5.74, 6) is 1.95. The largest absolute Gasteiger partial charge is 0.439 e. The smallest absolute Gasteiger partial charge is 0.219 e. The Balaban J connectivity index is 2.23. The van der Waals surface area contributed by atoms with Crippen molar-refractivity contribution in [3.05, 3.63) is 53.7 Å². The van der Waals surface area contributed by atoms with Gasteiger partial charge in [0, 0.05) is 18.8 Å². The number of hydrogen-bond acceptors (Lipinski definition) is 3. The molecule has 0 aliphatic carbocycles. The number of para-hydroxylation sites is 1. The van der Waals surface area contributed by atoms with Crippen LogP contribution in [-0.2, 0) is 6.54 Å². The van der Waals surface area contributed by atoms with Crippen LogP contribution in [0, 0.1) is 0 Å². The first kappa shape index (κ1) is 13.6. The minimum absolute atomic E-state index is 0.427. The molecule has 19 heavy (non-hydrogen) atoms. The first-order chi connectivity index (χ1) is 9.20. The van der Waals surface area contributed by atoms with Gasteiger partial charge in [0.05, 0.1) is 0 Å². The molecule has 0 saturated carbocycles. The van der Waals surface area contributed by atoms with Crippen LogP contribution in [0.3, 0.4) is 0 Å². The Hall–Kier alpha value is -1.87. The van der Waals surface area contributed by atoms with E-state index in [0.29, 0.717) is 11.8 Å². The van der Waals surface area contributed by atoms with E-state index in [-0.39, 0.29) is 0 Å². The van der Waals surface area contributed by atoms with Crippen molar-refractivity contribution in [2.75, 3.05) is 7.05 Å². The topological polar surface area (TPSA) is 34.2 Å². The van der Waals surface area contributed by atoms with Gasteiger partial charge in [0.2, 0.25) is 5.88 Å². The van der Waals surface area contributed by atoms with Crippen molar-refractivity contribution < 1.29 is 4.74 Å². The number of hydrogen-bond donors (Lipinski definition) is 1. The molecule has 3 nitrogen and oxygen atoms in total. The van der Waals surface area contributed by atoms with Crippen LogP contribution in [0.25, 0.3) is 0 Å². The molecule has 3 heteroatoms. The van der Waals surface area contributed by atoms with Crippen molar-refractivity contribution in [2.24, 2.45) is 0 Å². The average molecular weight is 256 g/mol. The lowest BCUT2D eigenvalue weighted by Gasteiger charge is -2.13. The summed E-state index contributed by atoms with van der Waals surface area (Å²) in [6.45, 7) is 5.13. The molecule has 0 spiro atoms. The summed E-state index contributed by atoms with van der Waals surface area (Å²) in [6.07, 6.45) is 1.78. The van der Waals surface area contributed by atoms with Gasteiger partial charge < -0.3 is 10.1 Å². The quantitative estimate of drug-likeness (QED) is 0.885. The highest BCUT2D eigenvalue weighted by molar-refractivity contribution is 5.38. The molecule has 100 valence electrons. The van der Waals surface area contributed by atoms with E-state index in [2.05, 4.69) is 30.2 Å². The van der Waals surface area contributed by atoms with E-state index in [1.807, 2.05) is 37.4 Å². The van der Waals surface area contributed by atoms with Gasteiger partial charge in [-0.25, -0.2) is 4.98 Å². The van der Waals surface area contributed by atoms with Gasteiger partial charge in [-0.2, -0.15) is 0 Å². The Morgan fingerprint density at radius 3 is 2.74 bits per heavy atom. The molecule has 0 aliphatic rings. The Morgan fingerprint density at radius 1 is 1.21 bits per heavy atom. The second-order valence-corrected chi connectivity index (χ2v) is 4.83. The first-order valence-corrected chi connectivity index (χ1v) is 6.57. The van der Waals surface area contributed by atoms with Gasteiger partial charge in [-0.3, -0.25) is 0 Å². The highest BCUT2D eigenvalue weighted by Gasteiger charge is 2.08. The van der Waals surface area contributed by atoms with Crippen LogP contribution in [0.1, 0.15) is 30.9 Å². The molecule has 0 saturated heterocycles. The van der Waals surface area contributed by atoms with Gasteiger partial charge in [-0.15, -0.1) is 0 Å². The molecule has 1 aromatic heterocycles. The van der Waals surface area contributed by atoms with Crippen LogP contribution in [0.4, 0.5) is 0 Å². The summed E-state index contributed by atoms with van der Waals surface area (Å²) in [7, 11) is 1.93. The number of aromatic nitrogens is 1. The number of benzene rings is 1. The molecule has 2 rings (SSSR count). The predicted molar refractivity (Wildman–Crippen MR) is 77.6 cm³/mol. The van der Waals surface area contributed by atoms with Crippen molar-refractivity contribution >= 4 is 0 Å². The minimum Gasteiger partial charge on any atom is -0.439 e. The zero-order valence-electron chi connectivity index (χ0n) is 11.7. The lowest BCUT2D eigenvalue weighted by molar-refractivity contribution is 0.453. The summed E-state index contributed by atoms with van der Waals surface area (Å²) < 4.78 is 5.92. The van der Waals surface area contributed by atoms with Crippen LogP contribution < -0.4 is 10.1 Å².